The van der Waals surface area contributed by atoms with Crippen LogP contribution < -0.4 is 10.6 Å². The third-order valence-electron chi connectivity index (χ3n) is 2.83. The normalized spacial score (nSPS) is 9.81. The van der Waals surface area contributed by atoms with Crippen molar-refractivity contribution in [2.75, 3.05) is 31.7 Å². The van der Waals surface area contributed by atoms with Gasteiger partial charge >= 0.3 is 11.9 Å². The van der Waals surface area contributed by atoms with Crippen molar-refractivity contribution in [3.05, 3.63) is 42.1 Å². The van der Waals surface area contributed by atoms with E-state index in [0.717, 1.165) is 12.2 Å². The Morgan fingerprint density at radius 2 is 1.76 bits per heavy atom. The molecule has 0 saturated carbocycles. The first-order chi connectivity index (χ1) is 9.95. The summed E-state index contributed by atoms with van der Waals surface area (Å²) in [6.45, 7) is 6.06. The molecular formula is C15H20N2O4. The number of carbonyl (C=O) groups excluding carboxylic acids is 2. The monoisotopic (exact) mass is 292 g/mol. The molecule has 1 rings (SSSR count). The second-order valence-electron chi connectivity index (χ2n) is 4.36. The molecule has 0 unspecified atom stereocenters. The van der Waals surface area contributed by atoms with Crippen LogP contribution in [-0.2, 0) is 14.3 Å². The molecule has 0 aliphatic heterocycles. The van der Waals surface area contributed by atoms with Crippen LogP contribution >= 0.6 is 0 Å². The minimum Gasteiger partial charge on any atom is -0.458 e. The van der Waals surface area contributed by atoms with Gasteiger partial charge in [0.05, 0.1) is 5.56 Å². The molecule has 0 bridgehead atoms. The Morgan fingerprint density at radius 3 is 2.29 bits per heavy atom. The summed E-state index contributed by atoms with van der Waals surface area (Å²) in [5.74, 6) is -1.18. The number of benzene rings is 1. The van der Waals surface area contributed by atoms with Gasteiger partial charge in [0.15, 0.2) is 0 Å². The fourth-order valence-corrected chi connectivity index (χ4v) is 1.48. The number of ether oxygens (including phenoxy) is 2. The molecule has 21 heavy (non-hydrogen) atoms. The van der Waals surface area contributed by atoms with Crippen molar-refractivity contribution in [2.45, 2.75) is 6.92 Å². The largest absolute Gasteiger partial charge is 0.458 e. The van der Waals surface area contributed by atoms with Gasteiger partial charge in [-0.15, -0.1) is 0 Å². The molecular weight excluding hydrogens is 272 g/mol. The molecule has 0 aliphatic rings. The molecule has 0 radical (unpaired) electrons. The first-order valence-electron chi connectivity index (χ1n) is 6.55. The highest BCUT2D eigenvalue weighted by Crippen LogP contribution is 2.14. The van der Waals surface area contributed by atoms with Crippen molar-refractivity contribution in [3.8, 4) is 0 Å². The minimum absolute atomic E-state index is 0.0333. The summed E-state index contributed by atoms with van der Waals surface area (Å²) >= 11 is 0. The summed E-state index contributed by atoms with van der Waals surface area (Å²) in [6.07, 6.45) is 0. The van der Waals surface area contributed by atoms with E-state index in [1.165, 1.54) is 0 Å². The Kier molecular flexibility index (Phi) is 6.26. The maximum atomic E-state index is 11.8. The molecule has 0 amide bonds. The highest BCUT2D eigenvalue weighted by Gasteiger charge is 2.09. The standard InChI is InChI=1S/C15H20N2O4/c1-4-17(3)13-7-5-12(6-8-13)15(19)21-10-9-20-14(18)11(2)16/h5-8H,2,4,9-10,16H2,1,3H3. The highest BCUT2D eigenvalue weighted by molar-refractivity contribution is 5.90. The number of esters is 2. The van der Waals surface area contributed by atoms with Gasteiger partial charge in [-0.1, -0.05) is 6.58 Å². The van der Waals surface area contributed by atoms with Gasteiger partial charge in [-0.2, -0.15) is 0 Å². The van der Waals surface area contributed by atoms with Crippen LogP contribution in [0.1, 0.15) is 17.3 Å². The van der Waals surface area contributed by atoms with Crippen LogP contribution in [-0.4, -0.2) is 38.7 Å². The third-order valence-corrected chi connectivity index (χ3v) is 2.83. The molecule has 6 nitrogen and oxygen atoms in total. The van der Waals surface area contributed by atoms with E-state index in [4.69, 9.17) is 15.2 Å². The van der Waals surface area contributed by atoms with Gasteiger partial charge in [-0.3, -0.25) is 0 Å². The lowest BCUT2D eigenvalue weighted by Crippen LogP contribution is -2.18. The molecule has 1 aromatic rings. The highest BCUT2D eigenvalue weighted by atomic mass is 16.6. The maximum Gasteiger partial charge on any atom is 0.353 e. The number of carbonyl (C=O) groups is 2. The Bertz CT molecular complexity index is 511. The Balaban J connectivity index is 2.42. The van der Waals surface area contributed by atoms with Crippen LogP contribution in [0.4, 0.5) is 5.69 Å². The van der Waals surface area contributed by atoms with Crippen LogP contribution in [0.25, 0.3) is 0 Å². The number of hydrogen-bond acceptors (Lipinski definition) is 6. The fourth-order valence-electron chi connectivity index (χ4n) is 1.48. The summed E-state index contributed by atoms with van der Waals surface area (Å²) in [7, 11) is 1.97. The van der Waals surface area contributed by atoms with Gasteiger partial charge in [0.1, 0.15) is 18.9 Å². The number of anilines is 1. The molecule has 0 spiro atoms. The molecule has 114 valence electrons. The minimum atomic E-state index is -0.710. The number of hydrogen-bond donors (Lipinski definition) is 1. The Labute approximate surface area is 124 Å². The van der Waals surface area contributed by atoms with Crippen LogP contribution in [0, 0.1) is 0 Å². The van der Waals surface area contributed by atoms with Crippen molar-refractivity contribution < 1.29 is 19.1 Å². The zero-order chi connectivity index (χ0) is 15.8. The van der Waals surface area contributed by atoms with Gasteiger partial charge in [-0.25, -0.2) is 9.59 Å². The average molecular weight is 292 g/mol. The van der Waals surface area contributed by atoms with E-state index in [1.807, 2.05) is 31.0 Å². The number of rotatable bonds is 7. The molecule has 2 N–H and O–H groups in total. The molecule has 0 fully saturated rings. The first kappa shape index (κ1) is 16.6. The van der Waals surface area contributed by atoms with E-state index < -0.39 is 11.9 Å². The van der Waals surface area contributed by atoms with E-state index >= 15 is 0 Å². The smallest absolute Gasteiger partial charge is 0.353 e. The maximum absolute atomic E-state index is 11.8. The van der Waals surface area contributed by atoms with Crippen molar-refractivity contribution >= 4 is 17.6 Å². The zero-order valence-electron chi connectivity index (χ0n) is 12.3. The third kappa shape index (κ3) is 5.18. The molecule has 6 heteroatoms. The average Bonchev–Trinajstić information content (AvgIpc) is 2.50. The lowest BCUT2D eigenvalue weighted by atomic mass is 10.2. The van der Waals surface area contributed by atoms with E-state index in [9.17, 15) is 9.59 Å². The molecule has 0 saturated heterocycles. The molecule has 0 aromatic heterocycles. The van der Waals surface area contributed by atoms with Crippen LogP contribution in [0.3, 0.4) is 0 Å². The van der Waals surface area contributed by atoms with Crippen LogP contribution in [0.15, 0.2) is 36.5 Å². The fraction of sp³-hybridized carbons (Fsp3) is 0.333. The van der Waals surface area contributed by atoms with Gasteiger partial charge in [-0.05, 0) is 31.2 Å². The van der Waals surface area contributed by atoms with Gasteiger partial charge in [0, 0.05) is 19.3 Å². The number of nitrogens with two attached hydrogens (primary N) is 1. The summed E-state index contributed by atoms with van der Waals surface area (Å²) < 4.78 is 9.69. The predicted octanol–water partition coefficient (Wildman–Crippen LogP) is 1.32. The van der Waals surface area contributed by atoms with E-state index in [1.54, 1.807) is 12.1 Å². The molecule has 0 aliphatic carbocycles. The topological polar surface area (TPSA) is 81.9 Å². The summed E-state index contributed by atoms with van der Waals surface area (Å²) in [4.78, 5) is 24.8. The molecule has 0 heterocycles. The second-order valence-corrected chi connectivity index (χ2v) is 4.36. The predicted molar refractivity (Wildman–Crippen MR) is 80.0 cm³/mol. The number of nitrogens with zero attached hydrogens (tertiary/aromatic N) is 1. The lowest BCUT2D eigenvalue weighted by molar-refractivity contribution is -0.140. The van der Waals surface area contributed by atoms with E-state index in [-0.39, 0.29) is 18.9 Å². The van der Waals surface area contributed by atoms with Crippen LogP contribution in [0.2, 0.25) is 0 Å². The second kappa shape index (κ2) is 7.94. The van der Waals surface area contributed by atoms with E-state index in [0.29, 0.717) is 5.56 Å². The lowest BCUT2D eigenvalue weighted by Gasteiger charge is -2.16. The van der Waals surface area contributed by atoms with Crippen molar-refractivity contribution in [1.29, 1.82) is 0 Å². The van der Waals surface area contributed by atoms with Gasteiger partial charge < -0.3 is 20.1 Å². The van der Waals surface area contributed by atoms with Crippen molar-refractivity contribution in [2.24, 2.45) is 5.73 Å². The van der Waals surface area contributed by atoms with Crippen molar-refractivity contribution in [1.82, 2.24) is 0 Å². The first-order valence-corrected chi connectivity index (χ1v) is 6.55. The quantitative estimate of drug-likeness (QED) is 0.463. The van der Waals surface area contributed by atoms with Crippen LogP contribution in [0.5, 0.6) is 0 Å². The SMILES string of the molecule is C=C(N)C(=O)OCCOC(=O)c1ccc(N(C)CC)cc1. The zero-order valence-corrected chi connectivity index (χ0v) is 12.3. The Hall–Kier alpha value is -2.50. The van der Waals surface area contributed by atoms with Gasteiger partial charge in [0.25, 0.3) is 0 Å². The van der Waals surface area contributed by atoms with Crippen molar-refractivity contribution in [3.63, 3.8) is 0 Å². The van der Waals surface area contributed by atoms with E-state index in [2.05, 4.69) is 6.58 Å². The summed E-state index contributed by atoms with van der Waals surface area (Å²) in [5.41, 5.74) is 6.42. The van der Waals surface area contributed by atoms with Gasteiger partial charge in [0.2, 0.25) is 0 Å². The molecule has 1 aromatic carbocycles. The Morgan fingerprint density at radius 1 is 1.19 bits per heavy atom. The summed E-state index contributed by atoms with van der Waals surface area (Å²) in [6, 6.07) is 7.08. The molecule has 0 atom stereocenters. The summed E-state index contributed by atoms with van der Waals surface area (Å²) in [5, 5.41) is 0.